The Hall–Kier alpha value is -3.08. The van der Waals surface area contributed by atoms with Gasteiger partial charge in [0, 0.05) is 49.5 Å². The number of hydrogen-bond acceptors (Lipinski definition) is 5. The van der Waals surface area contributed by atoms with Crippen molar-refractivity contribution in [2.45, 2.75) is 13.3 Å². The third-order valence-electron chi connectivity index (χ3n) is 4.64. The molecule has 0 fully saturated rings. The van der Waals surface area contributed by atoms with Gasteiger partial charge < -0.3 is 15.1 Å². The molecular formula is C21H23N5. The van der Waals surface area contributed by atoms with Crippen LogP contribution in [0.2, 0.25) is 0 Å². The standard InChI is InChI=1S/C21H23N5/c1-15-14-20(26-13-12-16-6-4-5-7-19(16)26)24-21(22-15)23-17-8-10-18(11-9-17)25(2)3/h4-11,14H,12-13H2,1-3H3,(H,22,23,24). The summed E-state index contributed by atoms with van der Waals surface area (Å²) in [5.41, 5.74) is 5.71. The zero-order valence-electron chi connectivity index (χ0n) is 15.4. The summed E-state index contributed by atoms with van der Waals surface area (Å²) in [5.74, 6) is 1.57. The number of benzene rings is 2. The fraction of sp³-hybridized carbons (Fsp3) is 0.238. The van der Waals surface area contributed by atoms with Gasteiger partial charge in [-0.15, -0.1) is 0 Å². The zero-order valence-corrected chi connectivity index (χ0v) is 15.4. The molecule has 0 aliphatic carbocycles. The van der Waals surface area contributed by atoms with Gasteiger partial charge in [-0.2, -0.15) is 4.98 Å². The molecule has 0 amide bonds. The van der Waals surface area contributed by atoms with E-state index < -0.39 is 0 Å². The Balaban J connectivity index is 1.61. The number of nitrogens with one attached hydrogen (secondary N) is 1. The zero-order chi connectivity index (χ0) is 18.1. The van der Waals surface area contributed by atoms with E-state index in [4.69, 9.17) is 4.98 Å². The number of nitrogens with zero attached hydrogens (tertiary/aromatic N) is 4. The molecule has 2 heterocycles. The van der Waals surface area contributed by atoms with Gasteiger partial charge in [-0.1, -0.05) is 18.2 Å². The molecule has 0 spiro atoms. The van der Waals surface area contributed by atoms with E-state index in [2.05, 4.69) is 56.5 Å². The van der Waals surface area contributed by atoms with E-state index in [1.54, 1.807) is 0 Å². The average molecular weight is 345 g/mol. The number of para-hydroxylation sites is 1. The lowest BCUT2D eigenvalue weighted by Gasteiger charge is -2.19. The summed E-state index contributed by atoms with van der Waals surface area (Å²) in [6.07, 6.45) is 1.05. The molecule has 0 saturated heterocycles. The third-order valence-corrected chi connectivity index (χ3v) is 4.64. The Morgan fingerprint density at radius 3 is 2.54 bits per heavy atom. The second-order valence-corrected chi connectivity index (χ2v) is 6.79. The van der Waals surface area contributed by atoms with E-state index in [9.17, 15) is 0 Å². The normalized spacial score (nSPS) is 12.8. The SMILES string of the molecule is Cc1cc(N2CCc3ccccc32)nc(Nc2ccc(N(C)C)cc2)n1. The molecule has 0 saturated carbocycles. The molecule has 0 bridgehead atoms. The van der Waals surface area contributed by atoms with Crippen LogP contribution in [0.5, 0.6) is 0 Å². The van der Waals surface area contributed by atoms with Crippen LogP contribution in [-0.4, -0.2) is 30.6 Å². The van der Waals surface area contributed by atoms with E-state index in [0.717, 1.165) is 35.9 Å². The maximum atomic E-state index is 4.76. The Morgan fingerprint density at radius 1 is 1.00 bits per heavy atom. The monoisotopic (exact) mass is 345 g/mol. The van der Waals surface area contributed by atoms with E-state index in [1.165, 1.54) is 11.3 Å². The van der Waals surface area contributed by atoms with Crippen LogP contribution in [-0.2, 0) is 6.42 Å². The summed E-state index contributed by atoms with van der Waals surface area (Å²) in [7, 11) is 4.07. The fourth-order valence-electron chi connectivity index (χ4n) is 3.29. The molecule has 5 nitrogen and oxygen atoms in total. The highest BCUT2D eigenvalue weighted by Gasteiger charge is 2.21. The van der Waals surface area contributed by atoms with Crippen molar-refractivity contribution in [1.29, 1.82) is 0 Å². The van der Waals surface area contributed by atoms with Crippen LogP contribution < -0.4 is 15.1 Å². The van der Waals surface area contributed by atoms with Crippen molar-refractivity contribution in [2.24, 2.45) is 0 Å². The maximum Gasteiger partial charge on any atom is 0.229 e. The first-order valence-electron chi connectivity index (χ1n) is 8.86. The fourth-order valence-corrected chi connectivity index (χ4v) is 3.29. The van der Waals surface area contributed by atoms with Gasteiger partial charge in [-0.3, -0.25) is 0 Å². The predicted octanol–water partition coefficient (Wildman–Crippen LogP) is 4.29. The second kappa shape index (κ2) is 6.67. The number of hydrogen-bond donors (Lipinski definition) is 1. The van der Waals surface area contributed by atoms with Crippen molar-refractivity contribution in [2.75, 3.05) is 35.8 Å². The van der Waals surface area contributed by atoms with Crippen molar-refractivity contribution in [3.05, 3.63) is 65.9 Å². The van der Waals surface area contributed by atoms with Gasteiger partial charge in [0.1, 0.15) is 5.82 Å². The number of aryl methyl sites for hydroxylation is 1. The van der Waals surface area contributed by atoms with Gasteiger partial charge in [-0.05, 0) is 49.2 Å². The molecule has 0 atom stereocenters. The van der Waals surface area contributed by atoms with Gasteiger partial charge in [-0.25, -0.2) is 4.98 Å². The summed E-state index contributed by atoms with van der Waals surface area (Å²) in [6.45, 7) is 2.96. The van der Waals surface area contributed by atoms with Crippen LogP contribution in [0, 0.1) is 6.92 Å². The maximum absolute atomic E-state index is 4.76. The molecule has 3 aromatic rings. The molecule has 1 aliphatic rings. The molecule has 0 radical (unpaired) electrons. The first kappa shape index (κ1) is 16.4. The molecular weight excluding hydrogens is 322 g/mol. The minimum absolute atomic E-state index is 0.627. The summed E-state index contributed by atoms with van der Waals surface area (Å²) in [5, 5.41) is 3.33. The molecule has 1 aromatic heterocycles. The predicted molar refractivity (Wildman–Crippen MR) is 108 cm³/mol. The first-order valence-corrected chi connectivity index (χ1v) is 8.86. The minimum Gasteiger partial charge on any atom is -0.378 e. The van der Waals surface area contributed by atoms with Gasteiger partial charge in [0.15, 0.2) is 0 Å². The van der Waals surface area contributed by atoms with Crippen molar-refractivity contribution in [1.82, 2.24) is 9.97 Å². The van der Waals surface area contributed by atoms with Crippen LogP contribution >= 0.6 is 0 Å². The van der Waals surface area contributed by atoms with E-state index >= 15 is 0 Å². The highest BCUT2D eigenvalue weighted by molar-refractivity contribution is 5.69. The van der Waals surface area contributed by atoms with Crippen molar-refractivity contribution in [3.8, 4) is 0 Å². The van der Waals surface area contributed by atoms with E-state index in [1.807, 2.05) is 39.2 Å². The molecule has 5 heteroatoms. The Labute approximate surface area is 154 Å². The van der Waals surface area contributed by atoms with Gasteiger partial charge in [0.05, 0.1) is 0 Å². The molecule has 26 heavy (non-hydrogen) atoms. The van der Waals surface area contributed by atoms with Crippen LogP contribution in [0.1, 0.15) is 11.3 Å². The molecule has 0 unspecified atom stereocenters. The largest absolute Gasteiger partial charge is 0.378 e. The van der Waals surface area contributed by atoms with Gasteiger partial charge in [0.25, 0.3) is 0 Å². The molecule has 4 rings (SSSR count). The van der Waals surface area contributed by atoms with Gasteiger partial charge >= 0.3 is 0 Å². The number of fused-ring (bicyclic) bond motifs is 1. The minimum atomic E-state index is 0.627. The van der Waals surface area contributed by atoms with E-state index in [0.29, 0.717) is 5.95 Å². The van der Waals surface area contributed by atoms with Gasteiger partial charge in [0.2, 0.25) is 5.95 Å². The van der Waals surface area contributed by atoms with Crippen LogP contribution in [0.15, 0.2) is 54.6 Å². The number of rotatable bonds is 4. The Kier molecular flexibility index (Phi) is 4.21. The molecule has 2 aromatic carbocycles. The average Bonchev–Trinajstić information content (AvgIpc) is 3.06. The molecule has 1 aliphatic heterocycles. The second-order valence-electron chi connectivity index (χ2n) is 6.79. The highest BCUT2D eigenvalue weighted by Crippen LogP contribution is 2.34. The summed E-state index contributed by atoms with van der Waals surface area (Å²) in [6, 6.07) is 18.8. The molecule has 132 valence electrons. The van der Waals surface area contributed by atoms with Crippen molar-refractivity contribution in [3.63, 3.8) is 0 Å². The number of anilines is 5. The van der Waals surface area contributed by atoms with Crippen molar-refractivity contribution < 1.29 is 0 Å². The summed E-state index contributed by atoms with van der Waals surface area (Å²) in [4.78, 5) is 13.7. The third kappa shape index (κ3) is 3.20. The van der Waals surface area contributed by atoms with Crippen molar-refractivity contribution >= 4 is 28.8 Å². The van der Waals surface area contributed by atoms with Crippen LogP contribution in [0.25, 0.3) is 0 Å². The molecule has 1 N–H and O–H groups in total. The lowest BCUT2D eigenvalue weighted by atomic mass is 10.2. The lowest BCUT2D eigenvalue weighted by Crippen LogP contribution is -2.16. The highest BCUT2D eigenvalue weighted by atomic mass is 15.2. The Morgan fingerprint density at radius 2 is 1.77 bits per heavy atom. The summed E-state index contributed by atoms with van der Waals surface area (Å²) >= 11 is 0. The van der Waals surface area contributed by atoms with E-state index in [-0.39, 0.29) is 0 Å². The first-order chi connectivity index (χ1) is 12.6. The number of aromatic nitrogens is 2. The van der Waals surface area contributed by atoms with Crippen LogP contribution in [0.4, 0.5) is 28.8 Å². The smallest absolute Gasteiger partial charge is 0.229 e. The topological polar surface area (TPSA) is 44.3 Å². The lowest BCUT2D eigenvalue weighted by molar-refractivity contribution is 0.959. The Bertz CT molecular complexity index is 918. The van der Waals surface area contributed by atoms with Crippen LogP contribution in [0.3, 0.4) is 0 Å². The quantitative estimate of drug-likeness (QED) is 0.764. The summed E-state index contributed by atoms with van der Waals surface area (Å²) < 4.78 is 0.